The topological polar surface area (TPSA) is 101 Å². The van der Waals surface area contributed by atoms with Crippen LogP contribution in [0.4, 0.5) is 0 Å². The van der Waals surface area contributed by atoms with Gasteiger partial charge in [-0.25, -0.2) is 4.98 Å². The molecule has 8 nitrogen and oxygen atoms in total. The third kappa shape index (κ3) is 2.58. The van der Waals surface area contributed by atoms with Gasteiger partial charge in [0.1, 0.15) is 5.69 Å². The Labute approximate surface area is 170 Å². The molecule has 0 amide bonds. The molecule has 0 aliphatic carbocycles. The summed E-state index contributed by atoms with van der Waals surface area (Å²) in [5, 5.41) is 13.9. The second-order valence-corrected chi connectivity index (χ2v) is 7.16. The number of H-pyrrole nitrogens is 2. The van der Waals surface area contributed by atoms with Crippen LogP contribution in [-0.2, 0) is 7.05 Å². The average molecular weight is 392 g/mol. The molecule has 2 N–H and O–H groups in total. The van der Waals surface area contributed by atoms with E-state index in [0.29, 0.717) is 0 Å². The summed E-state index contributed by atoms with van der Waals surface area (Å²) in [5.74, 6) is 0. The van der Waals surface area contributed by atoms with E-state index >= 15 is 0 Å². The number of hydrogen-bond donors (Lipinski definition) is 2. The number of nitrogens with zero attached hydrogens (tertiary/aromatic N) is 6. The van der Waals surface area contributed by atoms with E-state index in [9.17, 15) is 0 Å². The van der Waals surface area contributed by atoms with Crippen LogP contribution in [0.25, 0.3) is 55.6 Å². The molecular formula is C22H16N8. The Balaban J connectivity index is 1.52. The van der Waals surface area contributed by atoms with Crippen molar-refractivity contribution in [3.8, 4) is 33.6 Å². The highest BCUT2D eigenvalue weighted by Crippen LogP contribution is 2.34. The van der Waals surface area contributed by atoms with Crippen molar-refractivity contribution in [3.05, 3.63) is 67.6 Å². The van der Waals surface area contributed by atoms with E-state index in [1.165, 1.54) is 0 Å². The van der Waals surface area contributed by atoms with Crippen molar-refractivity contribution in [3.63, 3.8) is 0 Å². The van der Waals surface area contributed by atoms with Gasteiger partial charge in [-0.05, 0) is 29.8 Å². The molecule has 6 aromatic rings. The van der Waals surface area contributed by atoms with Crippen LogP contribution in [0.15, 0.2) is 67.6 Å². The SMILES string of the molecule is Cn1cc(-c2cnc3[nH]nc(-c4cc5c(-c6ccncc6)cncc5[nH]4)c3c2)cn1. The molecule has 0 saturated carbocycles. The minimum Gasteiger partial charge on any atom is -0.352 e. The lowest BCUT2D eigenvalue weighted by atomic mass is 10.1. The van der Waals surface area contributed by atoms with Gasteiger partial charge in [0, 0.05) is 65.5 Å². The smallest absolute Gasteiger partial charge is 0.155 e. The molecule has 30 heavy (non-hydrogen) atoms. The normalized spacial score (nSPS) is 11.5. The number of aryl methyl sites for hydroxylation is 1. The minimum absolute atomic E-state index is 0.740. The van der Waals surface area contributed by atoms with Crippen LogP contribution in [-0.4, -0.2) is 39.9 Å². The lowest BCUT2D eigenvalue weighted by molar-refractivity contribution is 0.768. The lowest BCUT2D eigenvalue weighted by Gasteiger charge is -2.01. The molecule has 8 heteroatoms. The summed E-state index contributed by atoms with van der Waals surface area (Å²) >= 11 is 0. The fourth-order valence-electron chi connectivity index (χ4n) is 3.78. The summed E-state index contributed by atoms with van der Waals surface area (Å²) in [6.07, 6.45) is 12.9. The largest absolute Gasteiger partial charge is 0.352 e. The zero-order valence-electron chi connectivity index (χ0n) is 16.0. The van der Waals surface area contributed by atoms with Gasteiger partial charge in [-0.15, -0.1) is 0 Å². The van der Waals surface area contributed by atoms with E-state index in [4.69, 9.17) is 0 Å². The van der Waals surface area contributed by atoms with E-state index in [-0.39, 0.29) is 0 Å². The Kier molecular flexibility index (Phi) is 3.51. The monoisotopic (exact) mass is 392 g/mol. The van der Waals surface area contributed by atoms with Crippen molar-refractivity contribution in [2.45, 2.75) is 0 Å². The van der Waals surface area contributed by atoms with Crippen LogP contribution in [0.1, 0.15) is 0 Å². The van der Waals surface area contributed by atoms with E-state index in [1.54, 1.807) is 17.1 Å². The van der Waals surface area contributed by atoms with Crippen molar-refractivity contribution < 1.29 is 0 Å². The number of hydrogen-bond acceptors (Lipinski definition) is 5. The van der Waals surface area contributed by atoms with E-state index in [2.05, 4.69) is 47.4 Å². The maximum Gasteiger partial charge on any atom is 0.155 e. The summed E-state index contributed by atoms with van der Waals surface area (Å²) in [6, 6.07) is 8.17. The summed E-state index contributed by atoms with van der Waals surface area (Å²) in [6.45, 7) is 0. The molecule has 144 valence electrons. The molecule has 0 aliphatic heterocycles. The fourth-order valence-corrected chi connectivity index (χ4v) is 3.78. The zero-order chi connectivity index (χ0) is 20.1. The first-order valence-electron chi connectivity index (χ1n) is 9.47. The Morgan fingerprint density at radius 1 is 0.867 bits per heavy atom. The summed E-state index contributed by atoms with van der Waals surface area (Å²) in [4.78, 5) is 16.5. The van der Waals surface area contributed by atoms with Crippen LogP contribution < -0.4 is 0 Å². The Hall–Kier alpha value is -4.33. The summed E-state index contributed by atoms with van der Waals surface area (Å²) < 4.78 is 1.78. The number of rotatable bonds is 3. The molecule has 0 fully saturated rings. The molecule has 0 radical (unpaired) electrons. The maximum atomic E-state index is 4.54. The average Bonchev–Trinajstić information content (AvgIpc) is 3.50. The second-order valence-electron chi connectivity index (χ2n) is 7.16. The number of aromatic amines is 2. The molecular weight excluding hydrogens is 376 g/mol. The maximum absolute atomic E-state index is 4.54. The number of aromatic nitrogens is 8. The van der Waals surface area contributed by atoms with Crippen LogP contribution in [0.5, 0.6) is 0 Å². The molecule has 0 bridgehead atoms. The molecule has 0 saturated heterocycles. The first kappa shape index (κ1) is 16.6. The predicted octanol–water partition coefficient (Wildman–Crippen LogP) is 3.96. The first-order chi connectivity index (χ1) is 14.8. The van der Waals surface area contributed by atoms with Gasteiger partial charge in [0.2, 0.25) is 0 Å². The van der Waals surface area contributed by atoms with Crippen LogP contribution >= 0.6 is 0 Å². The van der Waals surface area contributed by atoms with E-state index in [1.807, 2.05) is 50.2 Å². The van der Waals surface area contributed by atoms with Gasteiger partial charge in [-0.1, -0.05) is 0 Å². The van der Waals surface area contributed by atoms with Crippen LogP contribution in [0, 0.1) is 0 Å². The Morgan fingerprint density at radius 3 is 2.60 bits per heavy atom. The summed E-state index contributed by atoms with van der Waals surface area (Å²) in [5.41, 5.74) is 7.54. The van der Waals surface area contributed by atoms with Crippen molar-refractivity contribution in [2.24, 2.45) is 7.05 Å². The van der Waals surface area contributed by atoms with Crippen molar-refractivity contribution in [1.29, 1.82) is 0 Å². The number of fused-ring (bicyclic) bond motifs is 2. The van der Waals surface area contributed by atoms with Gasteiger partial charge < -0.3 is 4.98 Å². The van der Waals surface area contributed by atoms with E-state index < -0.39 is 0 Å². The molecule has 6 rings (SSSR count). The van der Waals surface area contributed by atoms with Crippen LogP contribution in [0.2, 0.25) is 0 Å². The van der Waals surface area contributed by atoms with Gasteiger partial charge in [-0.3, -0.25) is 19.7 Å². The zero-order valence-corrected chi connectivity index (χ0v) is 16.0. The third-order valence-electron chi connectivity index (χ3n) is 5.25. The van der Waals surface area contributed by atoms with Gasteiger partial charge in [0.15, 0.2) is 5.65 Å². The predicted molar refractivity (Wildman–Crippen MR) is 114 cm³/mol. The quantitative estimate of drug-likeness (QED) is 0.475. The van der Waals surface area contributed by atoms with Crippen molar-refractivity contribution in [1.82, 2.24) is 39.9 Å². The highest BCUT2D eigenvalue weighted by atomic mass is 15.2. The number of pyridine rings is 3. The molecule has 0 spiro atoms. The van der Waals surface area contributed by atoms with Crippen molar-refractivity contribution in [2.75, 3.05) is 0 Å². The molecule has 6 aromatic heterocycles. The molecule has 0 aliphatic rings. The van der Waals surface area contributed by atoms with Crippen LogP contribution in [0.3, 0.4) is 0 Å². The highest BCUT2D eigenvalue weighted by Gasteiger charge is 2.15. The molecule has 0 unspecified atom stereocenters. The van der Waals surface area contributed by atoms with Gasteiger partial charge in [-0.2, -0.15) is 10.2 Å². The van der Waals surface area contributed by atoms with Gasteiger partial charge in [0.25, 0.3) is 0 Å². The van der Waals surface area contributed by atoms with Gasteiger partial charge in [0.05, 0.1) is 23.6 Å². The second kappa shape index (κ2) is 6.35. The molecule has 0 atom stereocenters. The van der Waals surface area contributed by atoms with E-state index in [0.717, 1.165) is 55.6 Å². The van der Waals surface area contributed by atoms with Gasteiger partial charge >= 0.3 is 0 Å². The summed E-state index contributed by atoms with van der Waals surface area (Å²) in [7, 11) is 1.90. The Bertz CT molecular complexity index is 1510. The number of nitrogens with one attached hydrogen (secondary N) is 2. The Morgan fingerprint density at radius 2 is 1.77 bits per heavy atom. The molecule has 6 heterocycles. The standard InChI is InChI=1S/C22H16N8/c1-30-12-15(9-26-30)14-6-17-21(28-29-22(17)25-8-14)19-7-16-18(10-24-11-20(16)27-19)13-2-4-23-5-3-13/h2-12,27H,1H3,(H,25,28,29). The lowest BCUT2D eigenvalue weighted by Crippen LogP contribution is -1.84. The minimum atomic E-state index is 0.740. The first-order valence-corrected chi connectivity index (χ1v) is 9.47. The highest BCUT2D eigenvalue weighted by molar-refractivity contribution is 6.00. The van der Waals surface area contributed by atoms with Crippen molar-refractivity contribution >= 4 is 21.9 Å². The third-order valence-corrected chi connectivity index (χ3v) is 5.25. The molecule has 0 aromatic carbocycles. The fraction of sp³-hybridized carbons (Fsp3) is 0.0455.